The van der Waals surface area contributed by atoms with Crippen LogP contribution in [-0.2, 0) is 16.1 Å². The number of aromatic nitrogens is 3. The van der Waals surface area contributed by atoms with Crippen LogP contribution in [0.4, 0.5) is 5.95 Å². The van der Waals surface area contributed by atoms with Crippen LogP contribution in [0.25, 0.3) is 0 Å². The first-order valence-electron chi connectivity index (χ1n) is 5.57. The predicted octanol–water partition coefficient (Wildman–Crippen LogP) is -0.519. The molecule has 2 rings (SSSR count). The Kier molecular flexibility index (Phi) is 3.82. The maximum Gasteiger partial charge on any atom is 0.490 e. The van der Waals surface area contributed by atoms with E-state index in [1.54, 1.807) is 0 Å². The quantitative estimate of drug-likeness (QED) is 0.559. The number of nitrogens with one attached hydrogen (secondary N) is 1. The van der Waals surface area contributed by atoms with Gasteiger partial charge in [0.1, 0.15) is 6.54 Å². The molecule has 1 aliphatic rings. The van der Waals surface area contributed by atoms with Crippen molar-refractivity contribution in [2.75, 3.05) is 13.2 Å². The van der Waals surface area contributed by atoms with Gasteiger partial charge in [0, 0.05) is 18.3 Å². The first-order chi connectivity index (χ1) is 8.65. The average molecular weight is 255 g/mol. The molecule has 0 unspecified atom stereocenters. The Morgan fingerprint density at radius 3 is 3.17 bits per heavy atom. The minimum atomic E-state index is -0.708. The van der Waals surface area contributed by atoms with E-state index in [-0.39, 0.29) is 18.6 Å². The normalized spacial score (nSPS) is 18.8. The molecule has 1 amide bonds. The van der Waals surface area contributed by atoms with Crippen molar-refractivity contribution in [3.05, 3.63) is 16.4 Å². The highest BCUT2D eigenvalue weighted by Gasteiger charge is 2.18. The summed E-state index contributed by atoms with van der Waals surface area (Å²) in [5.41, 5.74) is 0. The fourth-order valence-corrected chi connectivity index (χ4v) is 1.68. The number of hydrogen-bond donors (Lipinski definition) is 1. The van der Waals surface area contributed by atoms with Crippen LogP contribution in [0.1, 0.15) is 12.8 Å². The molecule has 1 fully saturated rings. The summed E-state index contributed by atoms with van der Waals surface area (Å²) in [6.45, 7) is 1.10. The van der Waals surface area contributed by atoms with Gasteiger partial charge in [0.2, 0.25) is 12.2 Å². The molecule has 0 saturated carbocycles. The standard InChI is InChI=1S/C9H13N5O4/c15-8(10-4-7-2-1-3-18-7)5-13-6-11-9(12-13)14(16)17/h6-7H,1-5H2,(H,10,15)/t7-/m1/s1. The van der Waals surface area contributed by atoms with E-state index in [0.717, 1.165) is 30.5 Å². The van der Waals surface area contributed by atoms with Gasteiger partial charge in [0.15, 0.2) is 0 Å². The third kappa shape index (κ3) is 3.23. The van der Waals surface area contributed by atoms with Gasteiger partial charge in [0.05, 0.1) is 6.10 Å². The van der Waals surface area contributed by atoms with Crippen molar-refractivity contribution in [2.24, 2.45) is 0 Å². The van der Waals surface area contributed by atoms with Gasteiger partial charge in [-0.25, -0.2) is 0 Å². The molecule has 0 spiro atoms. The predicted molar refractivity (Wildman–Crippen MR) is 58.7 cm³/mol. The van der Waals surface area contributed by atoms with Crippen LogP contribution in [0.5, 0.6) is 0 Å². The van der Waals surface area contributed by atoms with Crippen molar-refractivity contribution in [2.45, 2.75) is 25.5 Å². The van der Waals surface area contributed by atoms with Crippen LogP contribution in [0.15, 0.2) is 6.33 Å². The fraction of sp³-hybridized carbons (Fsp3) is 0.667. The van der Waals surface area contributed by atoms with E-state index < -0.39 is 10.9 Å². The summed E-state index contributed by atoms with van der Waals surface area (Å²) in [4.78, 5) is 24.6. The van der Waals surface area contributed by atoms with Gasteiger partial charge < -0.3 is 20.2 Å². The molecule has 1 aromatic heterocycles. The van der Waals surface area contributed by atoms with Crippen LogP contribution in [0, 0.1) is 10.1 Å². The van der Waals surface area contributed by atoms with E-state index in [1.165, 1.54) is 0 Å². The molecule has 0 aromatic carbocycles. The third-order valence-corrected chi connectivity index (χ3v) is 2.54. The number of nitrogens with zero attached hydrogens (tertiary/aromatic N) is 4. The molecule has 2 heterocycles. The molecule has 98 valence electrons. The Hall–Kier alpha value is -2.03. The van der Waals surface area contributed by atoms with E-state index in [4.69, 9.17) is 4.74 Å². The Bertz CT molecular complexity index is 440. The minimum absolute atomic E-state index is 0.0685. The molecule has 9 nitrogen and oxygen atoms in total. The topological polar surface area (TPSA) is 112 Å². The average Bonchev–Trinajstić information content (AvgIpc) is 2.96. The fourth-order valence-electron chi connectivity index (χ4n) is 1.68. The Labute approximate surface area is 102 Å². The highest BCUT2D eigenvalue weighted by atomic mass is 16.6. The lowest BCUT2D eigenvalue weighted by Crippen LogP contribution is -2.34. The van der Waals surface area contributed by atoms with Crippen molar-refractivity contribution < 1.29 is 14.5 Å². The van der Waals surface area contributed by atoms with E-state index >= 15 is 0 Å². The molecule has 0 radical (unpaired) electrons. The van der Waals surface area contributed by atoms with Gasteiger partial charge in [-0.05, 0) is 17.8 Å². The van der Waals surface area contributed by atoms with Crippen molar-refractivity contribution in [1.82, 2.24) is 20.1 Å². The van der Waals surface area contributed by atoms with Gasteiger partial charge in [-0.15, -0.1) is 0 Å². The molecule has 1 N–H and O–H groups in total. The maximum atomic E-state index is 11.5. The summed E-state index contributed by atoms with van der Waals surface area (Å²) in [6.07, 6.45) is 3.17. The second-order valence-corrected chi connectivity index (χ2v) is 3.94. The van der Waals surface area contributed by atoms with Gasteiger partial charge >= 0.3 is 5.95 Å². The highest BCUT2D eigenvalue weighted by molar-refractivity contribution is 5.75. The van der Waals surface area contributed by atoms with Gasteiger partial charge in [-0.3, -0.25) is 4.79 Å². The molecule has 1 saturated heterocycles. The summed E-state index contributed by atoms with van der Waals surface area (Å²) in [6, 6.07) is 0. The van der Waals surface area contributed by atoms with Crippen molar-refractivity contribution in [1.29, 1.82) is 0 Å². The van der Waals surface area contributed by atoms with Crippen molar-refractivity contribution in [3.63, 3.8) is 0 Å². The number of ether oxygens (including phenoxy) is 1. The summed E-state index contributed by atoms with van der Waals surface area (Å²) in [7, 11) is 0. The van der Waals surface area contributed by atoms with Gasteiger partial charge in [0.25, 0.3) is 0 Å². The lowest BCUT2D eigenvalue weighted by molar-refractivity contribution is -0.394. The molecular weight excluding hydrogens is 242 g/mol. The molecular formula is C9H13N5O4. The lowest BCUT2D eigenvalue weighted by atomic mass is 10.2. The summed E-state index contributed by atoms with van der Waals surface area (Å²) in [5.74, 6) is -0.785. The van der Waals surface area contributed by atoms with E-state index in [2.05, 4.69) is 15.4 Å². The molecule has 1 atom stereocenters. The van der Waals surface area contributed by atoms with E-state index in [1.807, 2.05) is 0 Å². The molecule has 0 aliphatic carbocycles. The summed E-state index contributed by atoms with van der Waals surface area (Å²) in [5, 5.41) is 16.6. The van der Waals surface area contributed by atoms with Crippen LogP contribution >= 0.6 is 0 Å². The number of amides is 1. The number of hydrogen-bond acceptors (Lipinski definition) is 6. The van der Waals surface area contributed by atoms with Crippen LogP contribution in [-0.4, -0.2) is 44.9 Å². The number of rotatable bonds is 5. The van der Waals surface area contributed by atoms with Crippen LogP contribution in [0.3, 0.4) is 0 Å². The number of carbonyl (C=O) groups excluding carboxylic acids is 1. The van der Waals surface area contributed by atoms with Crippen LogP contribution < -0.4 is 5.32 Å². The molecule has 0 bridgehead atoms. The third-order valence-electron chi connectivity index (χ3n) is 2.54. The van der Waals surface area contributed by atoms with Gasteiger partial charge in [-0.1, -0.05) is 4.98 Å². The smallest absolute Gasteiger partial charge is 0.390 e. The minimum Gasteiger partial charge on any atom is -0.390 e. The zero-order valence-electron chi connectivity index (χ0n) is 9.61. The highest BCUT2D eigenvalue weighted by Crippen LogP contribution is 2.10. The van der Waals surface area contributed by atoms with Crippen molar-refractivity contribution >= 4 is 11.9 Å². The van der Waals surface area contributed by atoms with Crippen molar-refractivity contribution in [3.8, 4) is 0 Å². The van der Waals surface area contributed by atoms with Crippen LogP contribution in [0.2, 0.25) is 0 Å². The zero-order chi connectivity index (χ0) is 13.0. The summed E-state index contributed by atoms with van der Waals surface area (Å²) >= 11 is 0. The Balaban J connectivity index is 1.77. The van der Waals surface area contributed by atoms with E-state index in [0.29, 0.717) is 6.54 Å². The SMILES string of the molecule is O=C(Cn1cnc([N+](=O)[O-])n1)NC[C@H]1CCCO1. The largest absolute Gasteiger partial charge is 0.490 e. The van der Waals surface area contributed by atoms with Gasteiger partial charge in [-0.2, -0.15) is 4.68 Å². The zero-order valence-corrected chi connectivity index (χ0v) is 9.61. The number of carbonyl (C=O) groups is 1. The lowest BCUT2D eigenvalue weighted by Gasteiger charge is -2.09. The van der Waals surface area contributed by atoms with E-state index in [9.17, 15) is 14.9 Å². The molecule has 1 aliphatic heterocycles. The molecule has 18 heavy (non-hydrogen) atoms. The maximum absolute atomic E-state index is 11.5. The Morgan fingerprint density at radius 2 is 2.56 bits per heavy atom. The second kappa shape index (κ2) is 5.54. The summed E-state index contributed by atoms with van der Waals surface area (Å²) < 4.78 is 6.48. The first kappa shape index (κ1) is 12.4. The molecule has 1 aromatic rings. The Morgan fingerprint density at radius 1 is 1.72 bits per heavy atom. The monoisotopic (exact) mass is 255 g/mol. The second-order valence-electron chi connectivity index (χ2n) is 3.94. The first-order valence-corrected chi connectivity index (χ1v) is 5.57. The number of nitro groups is 1. The molecule has 9 heteroatoms.